The van der Waals surface area contributed by atoms with Crippen LogP contribution in [0.2, 0.25) is 0 Å². The van der Waals surface area contributed by atoms with Gasteiger partial charge in [-0.15, -0.1) is 0 Å². The molecular weight excluding hydrogens is 320 g/mol. The van der Waals surface area contributed by atoms with E-state index >= 15 is 0 Å². The second-order valence-electron chi connectivity index (χ2n) is 3.67. The minimum atomic E-state index is -3.17. The summed E-state index contributed by atoms with van der Waals surface area (Å²) >= 11 is 6.62. The molecule has 70 valence electrons. The quantitative estimate of drug-likeness (QED) is 0.504. The number of hydrogen-bond acceptors (Lipinski definition) is 2. The van der Waals surface area contributed by atoms with E-state index in [0.29, 0.717) is 0 Å². The van der Waals surface area contributed by atoms with Gasteiger partial charge in [0.2, 0.25) is 0 Å². The maximum Gasteiger partial charge on any atom is 0.190 e. The van der Waals surface area contributed by atoms with Crippen LogP contribution in [-0.4, -0.2) is 15.7 Å². The van der Waals surface area contributed by atoms with Crippen LogP contribution in [-0.2, 0) is 9.84 Å². The van der Waals surface area contributed by atoms with Crippen molar-refractivity contribution in [2.24, 2.45) is 11.8 Å². The minimum Gasteiger partial charge on any atom is -0.225 e. The summed E-state index contributed by atoms with van der Waals surface area (Å²) in [6, 6.07) is 0. The van der Waals surface area contributed by atoms with Crippen molar-refractivity contribution in [3.8, 4) is 0 Å². The standard InChI is InChI=1S/C8H6Br2O2S/c9-7-3-1-5-6(2-4-7)8(5,10)13(7,11)12/h1-6H. The van der Waals surface area contributed by atoms with Crippen LogP contribution in [0.1, 0.15) is 0 Å². The number of alkyl halides is 2. The van der Waals surface area contributed by atoms with E-state index in [9.17, 15) is 8.42 Å². The molecule has 5 heteroatoms. The number of halogens is 2. The predicted octanol–water partition coefficient (Wildman–Crippen LogP) is 1.97. The van der Waals surface area contributed by atoms with Gasteiger partial charge in [-0.05, 0) is 0 Å². The molecule has 3 rings (SSSR count). The molecule has 0 spiro atoms. The fraction of sp³-hybridized carbons (Fsp3) is 0.500. The molecule has 0 N–H and O–H groups in total. The van der Waals surface area contributed by atoms with Gasteiger partial charge in [0.1, 0.15) is 3.66 Å². The lowest BCUT2D eigenvalue weighted by Crippen LogP contribution is -2.40. The van der Waals surface area contributed by atoms with Gasteiger partial charge in [0.05, 0.1) is 0 Å². The highest BCUT2D eigenvalue weighted by molar-refractivity contribution is 9.14. The van der Waals surface area contributed by atoms with Crippen LogP contribution in [0.5, 0.6) is 0 Å². The van der Waals surface area contributed by atoms with Gasteiger partial charge in [0.15, 0.2) is 13.5 Å². The summed E-state index contributed by atoms with van der Waals surface area (Å²) in [5, 5.41) is 0. The Morgan fingerprint density at radius 1 is 1.08 bits per heavy atom. The highest BCUT2D eigenvalue weighted by atomic mass is 79.9. The second-order valence-corrected chi connectivity index (χ2v) is 9.70. The Hall–Kier alpha value is 0.390. The molecule has 0 radical (unpaired) electrons. The molecule has 1 aliphatic carbocycles. The number of fused-ring (bicyclic) bond motifs is 2. The zero-order valence-corrected chi connectivity index (χ0v) is 10.4. The summed E-state index contributed by atoms with van der Waals surface area (Å²) in [4.78, 5) is 0. The molecule has 2 unspecified atom stereocenters. The Morgan fingerprint density at radius 3 is 1.92 bits per heavy atom. The first-order valence-electron chi connectivity index (χ1n) is 3.94. The molecule has 2 atom stereocenters. The van der Waals surface area contributed by atoms with Crippen molar-refractivity contribution in [2.45, 2.75) is 7.31 Å². The van der Waals surface area contributed by atoms with Crippen molar-refractivity contribution in [3.05, 3.63) is 24.3 Å². The molecule has 2 bridgehead atoms. The molecule has 0 saturated heterocycles. The van der Waals surface area contributed by atoms with Crippen LogP contribution in [0.4, 0.5) is 0 Å². The maximum absolute atomic E-state index is 12.1. The first kappa shape index (κ1) is 8.68. The van der Waals surface area contributed by atoms with Gasteiger partial charge in [0.25, 0.3) is 0 Å². The van der Waals surface area contributed by atoms with Gasteiger partial charge in [-0.1, -0.05) is 56.2 Å². The van der Waals surface area contributed by atoms with Crippen molar-refractivity contribution in [2.75, 3.05) is 0 Å². The van der Waals surface area contributed by atoms with Crippen molar-refractivity contribution in [1.82, 2.24) is 0 Å². The van der Waals surface area contributed by atoms with Crippen LogP contribution in [0.25, 0.3) is 0 Å². The zero-order valence-electron chi connectivity index (χ0n) is 6.44. The molecule has 0 amide bonds. The lowest BCUT2D eigenvalue weighted by molar-refractivity contribution is 0.583. The van der Waals surface area contributed by atoms with Crippen molar-refractivity contribution in [1.29, 1.82) is 0 Å². The highest BCUT2D eigenvalue weighted by Crippen LogP contribution is 2.70. The summed E-state index contributed by atoms with van der Waals surface area (Å²) in [6.07, 6.45) is 7.43. The van der Waals surface area contributed by atoms with E-state index in [1.807, 2.05) is 12.2 Å². The Balaban J connectivity index is 2.41. The fourth-order valence-corrected chi connectivity index (χ4v) is 7.59. The lowest BCUT2D eigenvalue weighted by Gasteiger charge is -2.29. The van der Waals surface area contributed by atoms with E-state index in [0.717, 1.165) is 0 Å². The molecule has 2 nitrogen and oxygen atoms in total. The Kier molecular flexibility index (Phi) is 1.33. The Bertz CT molecular complexity index is 429. The van der Waals surface area contributed by atoms with Crippen molar-refractivity contribution in [3.63, 3.8) is 0 Å². The van der Waals surface area contributed by atoms with Gasteiger partial charge < -0.3 is 0 Å². The number of allylic oxidation sites excluding steroid dienone is 2. The largest absolute Gasteiger partial charge is 0.225 e. The molecule has 0 aromatic carbocycles. The third-order valence-electron chi connectivity index (χ3n) is 3.07. The van der Waals surface area contributed by atoms with Crippen LogP contribution in [0.3, 0.4) is 0 Å². The zero-order chi connectivity index (χ0) is 9.48. The van der Waals surface area contributed by atoms with Gasteiger partial charge in [0, 0.05) is 11.8 Å². The minimum absolute atomic E-state index is 0.127. The Labute approximate surface area is 93.3 Å². The average Bonchev–Trinajstić information content (AvgIpc) is 2.68. The molecule has 1 fully saturated rings. The highest BCUT2D eigenvalue weighted by Gasteiger charge is 2.76. The topological polar surface area (TPSA) is 34.1 Å². The van der Waals surface area contributed by atoms with E-state index in [-0.39, 0.29) is 11.8 Å². The van der Waals surface area contributed by atoms with E-state index in [1.54, 1.807) is 12.2 Å². The predicted molar refractivity (Wildman–Crippen MR) is 57.5 cm³/mol. The SMILES string of the molecule is O=S1(=O)C2(Br)C=CC3C(C=C2)C31Br. The molecule has 2 heterocycles. The fourth-order valence-electron chi connectivity index (χ4n) is 2.19. The van der Waals surface area contributed by atoms with E-state index in [2.05, 4.69) is 31.9 Å². The molecule has 0 aromatic heterocycles. The summed E-state index contributed by atoms with van der Waals surface area (Å²) in [7, 11) is -3.17. The van der Waals surface area contributed by atoms with Gasteiger partial charge in [-0.2, -0.15) is 0 Å². The van der Waals surface area contributed by atoms with Crippen LogP contribution in [0, 0.1) is 11.8 Å². The maximum atomic E-state index is 12.1. The first-order chi connectivity index (χ1) is 5.93. The summed E-state index contributed by atoms with van der Waals surface area (Å²) in [5.74, 6) is 0.254. The molecule has 0 aromatic rings. The monoisotopic (exact) mass is 324 g/mol. The second kappa shape index (κ2) is 1.99. The summed E-state index contributed by atoms with van der Waals surface area (Å²) in [5.41, 5.74) is 0. The first-order valence-corrected chi connectivity index (χ1v) is 7.01. The van der Waals surface area contributed by atoms with Crippen LogP contribution in [0.15, 0.2) is 24.3 Å². The van der Waals surface area contributed by atoms with E-state index in [4.69, 9.17) is 0 Å². The summed E-state index contributed by atoms with van der Waals surface area (Å²) < 4.78 is 22.4. The normalized spacial score (nSPS) is 59.2. The number of hydrogen-bond donors (Lipinski definition) is 0. The van der Waals surface area contributed by atoms with E-state index in [1.165, 1.54) is 0 Å². The number of rotatable bonds is 0. The molecule has 2 aliphatic heterocycles. The molecule has 1 saturated carbocycles. The Morgan fingerprint density at radius 2 is 1.54 bits per heavy atom. The third-order valence-corrected chi connectivity index (χ3v) is 9.68. The molecule has 13 heavy (non-hydrogen) atoms. The lowest BCUT2D eigenvalue weighted by atomic mass is 10.3. The van der Waals surface area contributed by atoms with Gasteiger partial charge in [-0.25, -0.2) is 8.42 Å². The smallest absolute Gasteiger partial charge is 0.190 e. The van der Waals surface area contributed by atoms with Crippen molar-refractivity contribution >= 4 is 41.7 Å². The molecular formula is C8H6Br2O2S. The van der Waals surface area contributed by atoms with Crippen LogP contribution < -0.4 is 0 Å². The number of sulfone groups is 1. The summed E-state index contributed by atoms with van der Waals surface area (Å²) in [6.45, 7) is 0. The van der Waals surface area contributed by atoms with Crippen LogP contribution >= 0.6 is 31.9 Å². The average molecular weight is 326 g/mol. The van der Waals surface area contributed by atoms with Crippen molar-refractivity contribution < 1.29 is 8.42 Å². The molecule has 3 aliphatic rings. The van der Waals surface area contributed by atoms with E-state index < -0.39 is 17.1 Å². The van der Waals surface area contributed by atoms with Gasteiger partial charge in [-0.3, -0.25) is 0 Å². The van der Waals surface area contributed by atoms with Gasteiger partial charge >= 0.3 is 0 Å². The third kappa shape index (κ3) is 0.679.